The van der Waals surface area contributed by atoms with E-state index in [2.05, 4.69) is 41.9 Å². The van der Waals surface area contributed by atoms with Crippen LogP contribution >= 0.6 is 0 Å². The Kier molecular flexibility index (Phi) is 4.45. The SMILES string of the molecule is CC(C)n1ncc2cc(CN(C)CC3CCCC3O)cnc21. The fraction of sp³-hybridized carbons (Fsp3) is 0.647. The molecule has 2 aromatic rings. The van der Waals surface area contributed by atoms with E-state index in [-0.39, 0.29) is 6.10 Å². The monoisotopic (exact) mass is 302 g/mol. The van der Waals surface area contributed by atoms with E-state index in [1.54, 1.807) is 0 Å². The fourth-order valence-electron chi connectivity index (χ4n) is 3.46. The minimum atomic E-state index is -0.118. The summed E-state index contributed by atoms with van der Waals surface area (Å²) in [6, 6.07) is 2.50. The summed E-state index contributed by atoms with van der Waals surface area (Å²) in [5.41, 5.74) is 2.15. The van der Waals surface area contributed by atoms with Crippen molar-refractivity contribution in [3.63, 3.8) is 0 Å². The van der Waals surface area contributed by atoms with Crippen molar-refractivity contribution < 1.29 is 5.11 Å². The lowest BCUT2D eigenvalue weighted by atomic mass is 10.1. The second-order valence-corrected chi connectivity index (χ2v) is 6.89. The predicted octanol–water partition coefficient (Wildman–Crippen LogP) is 2.61. The maximum Gasteiger partial charge on any atom is 0.157 e. The molecule has 1 fully saturated rings. The standard InChI is InChI=1S/C17H26N4O/c1-12(2)21-17-15(9-19-21)7-13(8-18-17)10-20(3)11-14-5-4-6-16(14)22/h7-9,12,14,16,22H,4-6,10-11H2,1-3H3. The summed E-state index contributed by atoms with van der Waals surface area (Å²) < 4.78 is 1.96. The number of aliphatic hydroxyl groups is 1. The highest BCUT2D eigenvalue weighted by Crippen LogP contribution is 2.26. The first kappa shape index (κ1) is 15.4. The Labute approximate surface area is 132 Å². The van der Waals surface area contributed by atoms with Crippen LogP contribution in [-0.4, -0.2) is 44.5 Å². The van der Waals surface area contributed by atoms with Crippen molar-refractivity contribution in [2.24, 2.45) is 5.92 Å². The van der Waals surface area contributed by atoms with Crippen LogP contribution in [0.2, 0.25) is 0 Å². The van der Waals surface area contributed by atoms with Gasteiger partial charge in [-0.05, 0) is 51.3 Å². The molecule has 2 aromatic heterocycles. The van der Waals surface area contributed by atoms with Gasteiger partial charge in [0.05, 0.1) is 12.3 Å². The van der Waals surface area contributed by atoms with Crippen LogP contribution in [-0.2, 0) is 6.54 Å². The first-order valence-corrected chi connectivity index (χ1v) is 8.23. The van der Waals surface area contributed by atoms with Gasteiger partial charge >= 0.3 is 0 Å². The number of hydrogen-bond acceptors (Lipinski definition) is 4. The van der Waals surface area contributed by atoms with Gasteiger partial charge in [-0.15, -0.1) is 0 Å². The van der Waals surface area contributed by atoms with Crippen molar-refractivity contribution in [2.45, 2.75) is 51.8 Å². The molecule has 22 heavy (non-hydrogen) atoms. The second kappa shape index (κ2) is 6.34. The Morgan fingerprint density at radius 1 is 1.36 bits per heavy atom. The summed E-state index contributed by atoms with van der Waals surface area (Å²) in [5.74, 6) is 0.422. The summed E-state index contributed by atoms with van der Waals surface area (Å²) in [4.78, 5) is 6.87. The van der Waals surface area contributed by atoms with Crippen LogP contribution in [0.15, 0.2) is 18.5 Å². The molecule has 2 unspecified atom stereocenters. The second-order valence-electron chi connectivity index (χ2n) is 6.89. The van der Waals surface area contributed by atoms with E-state index in [0.29, 0.717) is 12.0 Å². The Bertz CT molecular complexity index is 637. The molecule has 5 heteroatoms. The van der Waals surface area contributed by atoms with E-state index in [1.165, 1.54) is 5.56 Å². The van der Waals surface area contributed by atoms with Crippen molar-refractivity contribution in [1.29, 1.82) is 0 Å². The molecule has 0 aliphatic heterocycles. The van der Waals surface area contributed by atoms with Crippen LogP contribution < -0.4 is 0 Å². The van der Waals surface area contributed by atoms with Gasteiger partial charge in [-0.25, -0.2) is 9.67 Å². The molecule has 0 radical (unpaired) electrons. The van der Waals surface area contributed by atoms with Crippen LogP contribution in [0.25, 0.3) is 11.0 Å². The maximum absolute atomic E-state index is 9.95. The summed E-state index contributed by atoms with van der Waals surface area (Å²) in [7, 11) is 2.12. The van der Waals surface area contributed by atoms with Crippen molar-refractivity contribution >= 4 is 11.0 Å². The zero-order chi connectivity index (χ0) is 15.7. The molecule has 3 rings (SSSR count). The average molecular weight is 302 g/mol. The van der Waals surface area contributed by atoms with E-state index in [4.69, 9.17) is 0 Å². The zero-order valence-corrected chi connectivity index (χ0v) is 13.7. The quantitative estimate of drug-likeness (QED) is 0.922. The summed E-state index contributed by atoms with van der Waals surface area (Å²) in [5, 5.41) is 15.5. The summed E-state index contributed by atoms with van der Waals surface area (Å²) in [6.07, 6.45) is 6.98. The van der Waals surface area contributed by atoms with Gasteiger partial charge in [-0.3, -0.25) is 0 Å². The molecule has 0 amide bonds. The van der Waals surface area contributed by atoms with Crippen LogP contribution in [0.1, 0.15) is 44.7 Å². The lowest BCUT2D eigenvalue weighted by Gasteiger charge is -2.23. The summed E-state index contributed by atoms with van der Waals surface area (Å²) in [6.45, 7) is 6.04. The predicted molar refractivity (Wildman–Crippen MR) is 87.6 cm³/mol. The highest BCUT2D eigenvalue weighted by molar-refractivity contribution is 5.75. The van der Waals surface area contributed by atoms with E-state index >= 15 is 0 Å². The van der Waals surface area contributed by atoms with Gasteiger partial charge < -0.3 is 10.0 Å². The van der Waals surface area contributed by atoms with E-state index < -0.39 is 0 Å². The number of nitrogens with zero attached hydrogens (tertiary/aromatic N) is 4. The molecular weight excluding hydrogens is 276 g/mol. The topological polar surface area (TPSA) is 54.2 Å². The Morgan fingerprint density at radius 3 is 2.86 bits per heavy atom. The van der Waals surface area contributed by atoms with Gasteiger partial charge in [-0.1, -0.05) is 6.42 Å². The average Bonchev–Trinajstić information content (AvgIpc) is 3.05. The fourth-order valence-corrected chi connectivity index (χ4v) is 3.46. The molecule has 120 valence electrons. The largest absolute Gasteiger partial charge is 0.393 e. The molecule has 1 aliphatic rings. The smallest absolute Gasteiger partial charge is 0.157 e. The Morgan fingerprint density at radius 2 is 2.18 bits per heavy atom. The number of aromatic nitrogens is 3. The highest BCUT2D eigenvalue weighted by atomic mass is 16.3. The zero-order valence-electron chi connectivity index (χ0n) is 13.7. The third-order valence-corrected chi connectivity index (χ3v) is 4.60. The number of hydrogen-bond donors (Lipinski definition) is 1. The van der Waals surface area contributed by atoms with E-state index in [9.17, 15) is 5.11 Å². The molecule has 1 aliphatic carbocycles. The number of fused-ring (bicyclic) bond motifs is 1. The maximum atomic E-state index is 9.95. The summed E-state index contributed by atoms with van der Waals surface area (Å²) >= 11 is 0. The normalized spacial score (nSPS) is 22.3. The minimum Gasteiger partial charge on any atom is -0.393 e. The van der Waals surface area contributed by atoms with Crippen LogP contribution in [0.5, 0.6) is 0 Å². The van der Waals surface area contributed by atoms with E-state index in [1.807, 2.05) is 17.1 Å². The molecule has 0 aromatic carbocycles. The van der Waals surface area contributed by atoms with Gasteiger partial charge in [0.1, 0.15) is 0 Å². The van der Waals surface area contributed by atoms with Crippen molar-refractivity contribution in [2.75, 3.05) is 13.6 Å². The first-order valence-electron chi connectivity index (χ1n) is 8.23. The van der Waals surface area contributed by atoms with Gasteiger partial charge in [0.2, 0.25) is 0 Å². The van der Waals surface area contributed by atoms with Crippen molar-refractivity contribution in [1.82, 2.24) is 19.7 Å². The molecule has 2 heterocycles. The number of rotatable bonds is 5. The molecule has 2 atom stereocenters. The van der Waals surface area contributed by atoms with Crippen molar-refractivity contribution in [3.8, 4) is 0 Å². The molecule has 0 saturated heterocycles. The molecular formula is C17H26N4O. The molecule has 0 bridgehead atoms. The minimum absolute atomic E-state index is 0.118. The lowest BCUT2D eigenvalue weighted by molar-refractivity contribution is 0.108. The Balaban J connectivity index is 1.68. The Hall–Kier alpha value is -1.46. The van der Waals surface area contributed by atoms with Gasteiger partial charge in [-0.2, -0.15) is 5.10 Å². The van der Waals surface area contributed by atoms with Crippen LogP contribution in [0, 0.1) is 5.92 Å². The molecule has 5 nitrogen and oxygen atoms in total. The molecule has 1 N–H and O–H groups in total. The first-order chi connectivity index (χ1) is 10.5. The molecule has 0 spiro atoms. The number of aliphatic hydroxyl groups excluding tert-OH is 1. The van der Waals surface area contributed by atoms with E-state index in [0.717, 1.165) is 43.4 Å². The third kappa shape index (κ3) is 3.15. The highest BCUT2D eigenvalue weighted by Gasteiger charge is 2.26. The molecule has 1 saturated carbocycles. The number of pyridine rings is 1. The van der Waals surface area contributed by atoms with Crippen LogP contribution in [0.4, 0.5) is 0 Å². The lowest BCUT2D eigenvalue weighted by Crippen LogP contribution is -2.29. The third-order valence-electron chi connectivity index (χ3n) is 4.60. The van der Waals surface area contributed by atoms with Crippen LogP contribution in [0.3, 0.4) is 0 Å². The van der Waals surface area contributed by atoms with Crippen molar-refractivity contribution in [3.05, 3.63) is 24.0 Å². The van der Waals surface area contributed by atoms with Gasteiger partial charge in [0, 0.05) is 30.7 Å². The van der Waals surface area contributed by atoms with Gasteiger partial charge in [0.25, 0.3) is 0 Å². The van der Waals surface area contributed by atoms with Gasteiger partial charge in [0.15, 0.2) is 5.65 Å².